The van der Waals surface area contributed by atoms with Crippen LogP contribution in [0.25, 0.3) is 10.2 Å². The Kier molecular flexibility index (Phi) is 5.90. The minimum Gasteiger partial charge on any atom is -0.493 e. The van der Waals surface area contributed by atoms with Crippen LogP contribution in [-0.4, -0.2) is 41.0 Å². The van der Waals surface area contributed by atoms with Crippen LogP contribution in [-0.2, 0) is 6.54 Å². The number of benzene rings is 1. The Bertz CT molecular complexity index is 1080. The number of hydrogen-bond donors (Lipinski definition) is 1. The number of amides is 1. The van der Waals surface area contributed by atoms with Crippen molar-refractivity contribution in [3.63, 3.8) is 0 Å². The van der Waals surface area contributed by atoms with Gasteiger partial charge in [-0.1, -0.05) is 11.6 Å². The van der Waals surface area contributed by atoms with Gasteiger partial charge in [-0.3, -0.25) is 9.59 Å². The molecular formula is C19H20ClN3O4S. The van der Waals surface area contributed by atoms with Crippen molar-refractivity contribution in [2.75, 3.05) is 14.2 Å². The van der Waals surface area contributed by atoms with Crippen molar-refractivity contribution < 1.29 is 14.3 Å². The van der Waals surface area contributed by atoms with E-state index in [1.165, 1.54) is 23.3 Å². The van der Waals surface area contributed by atoms with E-state index in [9.17, 15) is 9.59 Å². The number of H-pyrrole nitrogens is 1. The summed E-state index contributed by atoms with van der Waals surface area (Å²) in [5.74, 6) is 0.894. The molecule has 1 N–H and O–H groups in total. The minimum atomic E-state index is -0.288. The molecule has 7 nitrogen and oxygen atoms in total. The van der Waals surface area contributed by atoms with Crippen LogP contribution in [0.3, 0.4) is 0 Å². The monoisotopic (exact) mass is 421 g/mol. The molecular weight excluding hydrogens is 402 g/mol. The highest BCUT2D eigenvalue weighted by molar-refractivity contribution is 7.17. The zero-order valence-electron chi connectivity index (χ0n) is 15.9. The molecule has 2 heterocycles. The first-order chi connectivity index (χ1) is 13.3. The maximum absolute atomic E-state index is 12.9. The van der Waals surface area contributed by atoms with Crippen molar-refractivity contribution in [2.24, 2.45) is 0 Å². The van der Waals surface area contributed by atoms with Gasteiger partial charge >= 0.3 is 0 Å². The van der Waals surface area contributed by atoms with Crippen molar-refractivity contribution in [1.82, 2.24) is 14.9 Å². The molecule has 0 fully saturated rings. The summed E-state index contributed by atoms with van der Waals surface area (Å²) in [7, 11) is 3.11. The predicted octanol–water partition coefficient (Wildman–Crippen LogP) is 3.71. The standard InChI is InChI=1S/C19H20ClN3O4S/c1-10(2)27-16-12(20)7-11(8-14(16)26-4)19(25)23(3)9-15-21-13-5-6-28-17(13)18(24)22-15/h5-8,10H,9H2,1-4H3,(H,21,22,24). The van der Waals surface area contributed by atoms with Crippen molar-refractivity contribution in [3.05, 3.63) is 50.3 Å². The molecule has 0 saturated heterocycles. The second-order valence-corrected chi connectivity index (χ2v) is 7.79. The molecule has 1 aromatic carbocycles. The molecule has 3 rings (SSSR count). The van der Waals surface area contributed by atoms with E-state index in [0.29, 0.717) is 33.1 Å². The molecule has 0 aliphatic rings. The number of nitrogens with one attached hydrogen (secondary N) is 1. The summed E-state index contributed by atoms with van der Waals surface area (Å²) >= 11 is 7.63. The number of hydrogen-bond acceptors (Lipinski definition) is 6. The van der Waals surface area contributed by atoms with Crippen molar-refractivity contribution in [1.29, 1.82) is 0 Å². The van der Waals surface area contributed by atoms with Gasteiger partial charge in [0.05, 0.1) is 30.3 Å². The number of aromatic amines is 1. The fraction of sp³-hybridized carbons (Fsp3) is 0.316. The van der Waals surface area contributed by atoms with Crippen LogP contribution in [0, 0.1) is 0 Å². The Morgan fingerprint density at radius 3 is 2.82 bits per heavy atom. The van der Waals surface area contributed by atoms with Gasteiger partial charge in [-0.2, -0.15) is 0 Å². The summed E-state index contributed by atoms with van der Waals surface area (Å²) in [5, 5.41) is 2.09. The third-order valence-electron chi connectivity index (χ3n) is 3.93. The number of rotatable bonds is 6. The van der Waals surface area contributed by atoms with Gasteiger partial charge in [0.1, 0.15) is 10.5 Å². The third kappa shape index (κ3) is 4.13. The van der Waals surface area contributed by atoms with E-state index in [1.807, 2.05) is 13.8 Å². The summed E-state index contributed by atoms with van der Waals surface area (Å²) in [6, 6.07) is 4.90. The van der Waals surface area contributed by atoms with E-state index < -0.39 is 0 Å². The first-order valence-electron chi connectivity index (χ1n) is 8.56. The topological polar surface area (TPSA) is 84.5 Å². The lowest BCUT2D eigenvalue weighted by Gasteiger charge is -2.19. The summed E-state index contributed by atoms with van der Waals surface area (Å²) < 4.78 is 11.6. The normalized spacial score (nSPS) is 11.1. The maximum Gasteiger partial charge on any atom is 0.268 e. The third-order valence-corrected chi connectivity index (χ3v) is 5.11. The number of fused-ring (bicyclic) bond motifs is 1. The van der Waals surface area contributed by atoms with E-state index in [0.717, 1.165) is 0 Å². The summed E-state index contributed by atoms with van der Waals surface area (Å²) in [4.78, 5) is 33.5. The summed E-state index contributed by atoms with van der Waals surface area (Å²) in [5.41, 5.74) is 0.750. The number of methoxy groups -OCH3 is 1. The first kappa shape index (κ1) is 20.2. The number of thiophene rings is 1. The van der Waals surface area contributed by atoms with E-state index in [4.69, 9.17) is 21.1 Å². The van der Waals surface area contributed by atoms with Crippen LogP contribution in [0.2, 0.25) is 5.02 Å². The number of halogens is 1. The van der Waals surface area contributed by atoms with Crippen LogP contribution in [0.1, 0.15) is 30.0 Å². The van der Waals surface area contributed by atoms with Crippen LogP contribution in [0.4, 0.5) is 0 Å². The molecule has 2 aromatic heterocycles. The smallest absolute Gasteiger partial charge is 0.268 e. The Balaban J connectivity index is 1.86. The van der Waals surface area contributed by atoms with Crippen LogP contribution in [0.15, 0.2) is 28.4 Å². The van der Waals surface area contributed by atoms with Gasteiger partial charge in [0.15, 0.2) is 11.5 Å². The number of ether oxygens (including phenoxy) is 2. The molecule has 0 atom stereocenters. The lowest BCUT2D eigenvalue weighted by molar-refractivity contribution is 0.0781. The second-order valence-electron chi connectivity index (χ2n) is 6.46. The van der Waals surface area contributed by atoms with Crippen LogP contribution < -0.4 is 15.0 Å². The molecule has 148 valence electrons. The van der Waals surface area contributed by atoms with Gasteiger partial charge in [0, 0.05) is 12.6 Å². The number of carbonyl (C=O) groups is 1. The Hall–Kier alpha value is -2.58. The lowest BCUT2D eigenvalue weighted by Crippen LogP contribution is -2.28. The zero-order valence-corrected chi connectivity index (χ0v) is 17.5. The highest BCUT2D eigenvalue weighted by atomic mass is 35.5. The van der Waals surface area contributed by atoms with Gasteiger partial charge in [-0.15, -0.1) is 11.3 Å². The number of carbonyl (C=O) groups excluding carboxylic acids is 1. The Morgan fingerprint density at radius 1 is 1.39 bits per heavy atom. The molecule has 28 heavy (non-hydrogen) atoms. The van der Waals surface area contributed by atoms with Crippen molar-refractivity contribution >= 4 is 39.1 Å². The average Bonchev–Trinajstić information content (AvgIpc) is 3.11. The molecule has 3 aromatic rings. The van der Waals surface area contributed by atoms with Crippen LogP contribution in [0.5, 0.6) is 11.5 Å². The Morgan fingerprint density at radius 2 is 2.14 bits per heavy atom. The predicted molar refractivity (Wildman–Crippen MR) is 110 cm³/mol. The van der Waals surface area contributed by atoms with Crippen LogP contribution >= 0.6 is 22.9 Å². The van der Waals surface area contributed by atoms with Gasteiger partial charge in [0.25, 0.3) is 11.5 Å². The van der Waals surface area contributed by atoms with E-state index in [-0.39, 0.29) is 29.1 Å². The molecule has 0 radical (unpaired) electrons. The van der Waals surface area contributed by atoms with Gasteiger partial charge in [0.2, 0.25) is 0 Å². The fourth-order valence-corrected chi connectivity index (χ4v) is 3.69. The van der Waals surface area contributed by atoms with Crippen molar-refractivity contribution in [3.8, 4) is 11.5 Å². The second kappa shape index (κ2) is 8.20. The zero-order chi connectivity index (χ0) is 20.4. The molecule has 0 unspecified atom stereocenters. The number of aromatic nitrogens is 2. The lowest BCUT2D eigenvalue weighted by atomic mass is 10.1. The SMILES string of the molecule is COc1cc(C(=O)N(C)Cc2nc3ccsc3c(=O)[nH]2)cc(Cl)c1OC(C)C. The highest BCUT2D eigenvalue weighted by Crippen LogP contribution is 2.37. The molecule has 0 aliphatic heterocycles. The van der Waals surface area contributed by atoms with Crippen molar-refractivity contribution in [2.45, 2.75) is 26.5 Å². The maximum atomic E-state index is 12.9. The molecule has 0 spiro atoms. The summed E-state index contributed by atoms with van der Waals surface area (Å²) in [6.45, 7) is 3.89. The van der Waals surface area contributed by atoms with Gasteiger partial charge < -0.3 is 19.4 Å². The largest absolute Gasteiger partial charge is 0.493 e. The van der Waals surface area contributed by atoms with E-state index in [2.05, 4.69) is 9.97 Å². The Labute approximate surface area is 170 Å². The quantitative estimate of drug-likeness (QED) is 0.655. The molecule has 0 bridgehead atoms. The summed E-state index contributed by atoms with van der Waals surface area (Å²) in [6.07, 6.45) is -0.0921. The molecule has 0 aliphatic carbocycles. The average molecular weight is 422 g/mol. The van der Waals surface area contributed by atoms with E-state index in [1.54, 1.807) is 30.6 Å². The van der Waals surface area contributed by atoms with Gasteiger partial charge in [-0.25, -0.2) is 4.98 Å². The molecule has 9 heteroatoms. The van der Waals surface area contributed by atoms with E-state index >= 15 is 0 Å². The highest BCUT2D eigenvalue weighted by Gasteiger charge is 2.20. The first-order valence-corrected chi connectivity index (χ1v) is 9.82. The number of nitrogens with zero attached hydrogens (tertiary/aromatic N) is 2. The van der Waals surface area contributed by atoms with Gasteiger partial charge in [-0.05, 0) is 37.4 Å². The molecule has 0 saturated carbocycles. The minimum absolute atomic E-state index is 0.0921. The fourth-order valence-electron chi connectivity index (χ4n) is 2.71. The molecule has 1 amide bonds.